The van der Waals surface area contributed by atoms with Crippen molar-refractivity contribution in [3.05, 3.63) is 64.2 Å². The minimum Gasteiger partial charge on any atom is -0.267 e. The number of aryl methyl sites for hydroxylation is 1. The molecule has 0 radical (unpaired) electrons. The maximum Gasteiger partial charge on any atom is 0.280 e. The summed E-state index contributed by atoms with van der Waals surface area (Å²) in [5.74, 6) is -0.699. The van der Waals surface area contributed by atoms with Crippen LogP contribution in [0.3, 0.4) is 0 Å². The summed E-state index contributed by atoms with van der Waals surface area (Å²) in [4.78, 5) is 29.8. The van der Waals surface area contributed by atoms with Gasteiger partial charge in [-0.15, -0.1) is 0 Å². The van der Waals surface area contributed by atoms with E-state index >= 15 is 0 Å². The Morgan fingerprint density at radius 2 is 1.72 bits per heavy atom. The third-order valence-electron chi connectivity index (χ3n) is 3.91. The van der Waals surface area contributed by atoms with Crippen molar-refractivity contribution in [1.82, 2.24) is 10.0 Å². The molecule has 1 heterocycles. The number of fused-ring (bicyclic) bond motifs is 1. The summed E-state index contributed by atoms with van der Waals surface area (Å²) in [5.41, 5.74) is 2.46. The third kappa shape index (κ3) is 3.15. The Kier molecular flexibility index (Phi) is 4.83. The van der Waals surface area contributed by atoms with Crippen LogP contribution in [-0.2, 0) is 0 Å². The van der Waals surface area contributed by atoms with Crippen LogP contribution in [0, 0.1) is 6.92 Å². The molecule has 5 nitrogen and oxygen atoms in total. The van der Waals surface area contributed by atoms with Gasteiger partial charge in [0, 0.05) is 12.1 Å². The van der Waals surface area contributed by atoms with Crippen molar-refractivity contribution >= 4 is 46.0 Å². The van der Waals surface area contributed by atoms with Gasteiger partial charge in [-0.1, -0.05) is 35.5 Å². The smallest absolute Gasteiger partial charge is 0.267 e. The number of carbonyl (C=O) groups excluding carboxylic acids is 2. The van der Waals surface area contributed by atoms with Gasteiger partial charge in [-0.3, -0.25) is 14.6 Å². The zero-order valence-corrected chi connectivity index (χ0v) is 15.6. The predicted octanol–water partition coefficient (Wildman–Crippen LogP) is 4.14. The normalized spacial score (nSPS) is 14.1. The van der Waals surface area contributed by atoms with Gasteiger partial charge in [-0.25, -0.2) is 4.99 Å². The number of aliphatic imine (C=N–C) groups is 1. The number of halogens is 1. The van der Waals surface area contributed by atoms with Crippen molar-refractivity contribution in [2.75, 3.05) is 13.3 Å². The first-order valence-corrected chi connectivity index (χ1v) is 9.14. The fourth-order valence-corrected chi connectivity index (χ4v) is 3.39. The maximum atomic E-state index is 12.6. The number of hydrogen-bond acceptors (Lipinski definition) is 4. The largest absolute Gasteiger partial charge is 0.280 e. The maximum absolute atomic E-state index is 12.6. The molecule has 0 unspecified atom stereocenters. The van der Waals surface area contributed by atoms with Gasteiger partial charge in [0.15, 0.2) is 5.17 Å². The number of carbonyl (C=O) groups is 2. The number of hydrazine groups is 1. The van der Waals surface area contributed by atoms with Crippen molar-refractivity contribution in [3.63, 3.8) is 0 Å². The van der Waals surface area contributed by atoms with Gasteiger partial charge in [0.25, 0.3) is 11.8 Å². The van der Waals surface area contributed by atoms with E-state index < -0.39 is 0 Å². The lowest BCUT2D eigenvalue weighted by molar-refractivity contribution is 0.0369. The molecule has 0 saturated heterocycles. The fraction of sp³-hybridized carbons (Fsp3) is 0.167. The summed E-state index contributed by atoms with van der Waals surface area (Å²) in [6.07, 6.45) is 1.85. The van der Waals surface area contributed by atoms with Crippen molar-refractivity contribution in [3.8, 4) is 0 Å². The number of amidine groups is 1. The number of hydrogen-bond donors (Lipinski definition) is 0. The molecule has 1 aliphatic heterocycles. The average Bonchev–Trinajstić information content (AvgIpc) is 2.85. The quantitative estimate of drug-likeness (QED) is 0.451. The average molecular weight is 374 g/mol. The number of nitrogens with zero attached hydrogens (tertiary/aromatic N) is 3. The topological polar surface area (TPSA) is 53.0 Å². The molecule has 1 aliphatic rings. The highest BCUT2D eigenvalue weighted by Crippen LogP contribution is 2.27. The van der Waals surface area contributed by atoms with E-state index in [1.54, 1.807) is 37.4 Å². The van der Waals surface area contributed by atoms with E-state index in [9.17, 15) is 9.59 Å². The second-order valence-electron chi connectivity index (χ2n) is 5.52. The summed E-state index contributed by atoms with van der Waals surface area (Å²) < 4.78 is 0. The summed E-state index contributed by atoms with van der Waals surface area (Å²) in [5, 5.41) is 3.77. The monoisotopic (exact) mass is 373 g/mol. The van der Waals surface area contributed by atoms with Crippen LogP contribution in [0.15, 0.2) is 47.5 Å². The number of thioether (sulfide) groups is 1. The van der Waals surface area contributed by atoms with E-state index in [4.69, 9.17) is 11.6 Å². The molecule has 2 aromatic rings. The van der Waals surface area contributed by atoms with Gasteiger partial charge in [0.05, 0.1) is 16.8 Å². The first-order valence-electron chi connectivity index (χ1n) is 7.54. The molecule has 0 atom stereocenters. The first-order chi connectivity index (χ1) is 11.9. The van der Waals surface area contributed by atoms with E-state index in [1.165, 1.54) is 16.8 Å². The molecule has 0 N–H and O–H groups in total. The molecule has 25 heavy (non-hydrogen) atoms. The van der Waals surface area contributed by atoms with Crippen LogP contribution in [0.5, 0.6) is 0 Å². The molecule has 0 spiro atoms. The highest BCUT2D eigenvalue weighted by atomic mass is 35.5. The molecule has 128 valence electrons. The standard InChI is InChI=1S/C18H16ClN3O2S/c1-11-10-12(19)8-9-15(11)20-18(25-3)21(2)22-16(23)13-6-4-5-7-14(13)17(22)24/h4-10H,1-3H3. The summed E-state index contributed by atoms with van der Waals surface area (Å²) in [6, 6.07) is 12.2. The lowest BCUT2D eigenvalue weighted by Crippen LogP contribution is -2.46. The van der Waals surface area contributed by atoms with E-state index in [0.717, 1.165) is 16.3 Å². The van der Waals surface area contributed by atoms with E-state index in [0.29, 0.717) is 21.3 Å². The molecule has 7 heteroatoms. The van der Waals surface area contributed by atoms with Crippen molar-refractivity contribution in [1.29, 1.82) is 0 Å². The molecule has 2 aromatic carbocycles. The lowest BCUT2D eigenvalue weighted by Gasteiger charge is -2.27. The zero-order valence-electron chi connectivity index (χ0n) is 14.0. The predicted molar refractivity (Wildman–Crippen MR) is 102 cm³/mol. The minimum absolute atomic E-state index is 0.349. The molecule has 3 rings (SSSR count). The molecule has 0 saturated carbocycles. The Hall–Kier alpha value is -2.31. The van der Waals surface area contributed by atoms with Crippen molar-refractivity contribution < 1.29 is 9.59 Å². The summed E-state index contributed by atoms with van der Waals surface area (Å²) in [6.45, 7) is 1.91. The van der Waals surface area contributed by atoms with Gasteiger partial charge in [0.1, 0.15) is 0 Å². The first kappa shape index (κ1) is 17.5. The molecule has 2 amide bonds. The Morgan fingerprint density at radius 3 is 2.24 bits per heavy atom. The second-order valence-corrected chi connectivity index (χ2v) is 6.73. The van der Waals surface area contributed by atoms with Crippen LogP contribution in [0.25, 0.3) is 0 Å². The Bertz CT molecular complexity index is 863. The number of rotatable bonds is 2. The van der Waals surface area contributed by atoms with Gasteiger partial charge >= 0.3 is 0 Å². The van der Waals surface area contributed by atoms with Crippen molar-refractivity contribution in [2.24, 2.45) is 4.99 Å². The van der Waals surface area contributed by atoms with Crippen LogP contribution in [0.1, 0.15) is 26.3 Å². The van der Waals surface area contributed by atoms with Gasteiger partial charge in [-0.2, -0.15) is 5.01 Å². The molecule has 0 fully saturated rings. The van der Waals surface area contributed by atoms with Crippen molar-refractivity contribution in [2.45, 2.75) is 6.92 Å². The molecular weight excluding hydrogens is 358 g/mol. The summed E-state index contributed by atoms with van der Waals surface area (Å²) >= 11 is 7.33. The fourth-order valence-electron chi connectivity index (χ4n) is 2.63. The molecular formula is C18H16ClN3O2S. The Balaban J connectivity index is 1.96. The van der Waals surface area contributed by atoms with Crippen LogP contribution in [-0.4, -0.2) is 40.3 Å². The van der Waals surface area contributed by atoms with Crippen LogP contribution in [0.2, 0.25) is 5.02 Å². The lowest BCUT2D eigenvalue weighted by atomic mass is 10.1. The molecule has 0 bridgehead atoms. The number of imide groups is 1. The van der Waals surface area contributed by atoms with E-state index in [2.05, 4.69) is 4.99 Å². The van der Waals surface area contributed by atoms with E-state index in [1.807, 2.05) is 25.3 Å². The van der Waals surface area contributed by atoms with Crippen LogP contribution in [0.4, 0.5) is 5.69 Å². The van der Waals surface area contributed by atoms with Crippen LogP contribution >= 0.6 is 23.4 Å². The molecule has 0 aromatic heterocycles. The van der Waals surface area contributed by atoms with Gasteiger partial charge in [0.2, 0.25) is 0 Å². The SMILES string of the molecule is CSC(=Nc1ccc(Cl)cc1C)N(C)N1C(=O)c2ccccc2C1=O. The number of amides is 2. The van der Waals surface area contributed by atoms with Crippen LogP contribution < -0.4 is 0 Å². The Labute approximate surface area is 155 Å². The Morgan fingerprint density at radius 1 is 1.12 bits per heavy atom. The minimum atomic E-state index is -0.349. The van der Waals surface area contributed by atoms with Gasteiger partial charge < -0.3 is 0 Å². The highest BCUT2D eigenvalue weighted by Gasteiger charge is 2.39. The zero-order chi connectivity index (χ0) is 18.1. The van der Waals surface area contributed by atoms with Gasteiger partial charge in [-0.05, 0) is 49.1 Å². The highest BCUT2D eigenvalue weighted by molar-refractivity contribution is 8.13. The van der Waals surface area contributed by atoms with E-state index in [-0.39, 0.29) is 11.8 Å². The molecule has 0 aliphatic carbocycles. The number of benzene rings is 2. The third-order valence-corrected chi connectivity index (χ3v) is 4.86. The summed E-state index contributed by atoms with van der Waals surface area (Å²) in [7, 11) is 1.66. The second kappa shape index (κ2) is 6.90.